The van der Waals surface area contributed by atoms with E-state index in [0.29, 0.717) is 11.3 Å². The molecule has 0 aromatic heterocycles. The summed E-state index contributed by atoms with van der Waals surface area (Å²) in [6.45, 7) is 0.0155. The number of para-hydroxylation sites is 1. The molecule has 1 saturated carbocycles. The Morgan fingerprint density at radius 3 is 2.10 bits per heavy atom. The summed E-state index contributed by atoms with van der Waals surface area (Å²) in [5.74, 6) is 0.664. The Kier molecular flexibility index (Phi) is 6.64. The number of nitriles is 1. The Bertz CT molecular complexity index is 1030. The van der Waals surface area contributed by atoms with E-state index in [2.05, 4.69) is 6.07 Å². The number of ether oxygens (including phenoxy) is 1. The van der Waals surface area contributed by atoms with E-state index in [9.17, 15) is 4.79 Å². The Morgan fingerprint density at radius 1 is 0.871 bits per heavy atom. The minimum absolute atomic E-state index is 0.00531. The average molecular weight is 411 g/mol. The van der Waals surface area contributed by atoms with Crippen molar-refractivity contribution in [1.29, 1.82) is 5.26 Å². The molecule has 1 aliphatic carbocycles. The number of hydrogen-bond donors (Lipinski definition) is 0. The maximum absolute atomic E-state index is 13.1. The van der Waals surface area contributed by atoms with Gasteiger partial charge in [-0.25, -0.2) is 0 Å². The molecule has 156 valence electrons. The molecule has 1 amide bonds. The molecule has 3 aromatic carbocycles. The minimum Gasteiger partial charge on any atom is -0.484 e. The van der Waals surface area contributed by atoms with Crippen LogP contribution in [0.3, 0.4) is 0 Å². The molecule has 31 heavy (non-hydrogen) atoms. The number of carbonyl (C=O) groups excluding carboxylic acids is 1. The van der Waals surface area contributed by atoms with E-state index in [0.717, 1.165) is 29.7 Å². The minimum atomic E-state index is -0.00531. The smallest absolute Gasteiger partial charge is 0.265 e. The number of hydrogen-bond acceptors (Lipinski definition) is 3. The lowest BCUT2D eigenvalue weighted by Gasteiger charge is -2.34. The molecule has 0 spiro atoms. The van der Waals surface area contributed by atoms with Gasteiger partial charge in [-0.05, 0) is 60.4 Å². The number of amides is 1. The third-order valence-electron chi connectivity index (χ3n) is 5.81. The summed E-state index contributed by atoms with van der Waals surface area (Å²) < 4.78 is 5.85. The predicted molar refractivity (Wildman–Crippen MR) is 123 cm³/mol. The fourth-order valence-corrected chi connectivity index (χ4v) is 4.18. The maximum atomic E-state index is 13.1. The van der Waals surface area contributed by atoms with Gasteiger partial charge in [-0.15, -0.1) is 0 Å². The number of nitrogens with zero attached hydrogens (tertiary/aromatic N) is 2. The highest BCUT2D eigenvalue weighted by Gasteiger charge is 2.27. The monoisotopic (exact) mass is 410 g/mol. The van der Waals surface area contributed by atoms with Gasteiger partial charge < -0.3 is 9.64 Å². The largest absolute Gasteiger partial charge is 0.484 e. The van der Waals surface area contributed by atoms with Gasteiger partial charge in [0.25, 0.3) is 5.91 Å². The third kappa shape index (κ3) is 5.13. The third-order valence-corrected chi connectivity index (χ3v) is 5.81. The van der Waals surface area contributed by atoms with E-state index in [4.69, 9.17) is 10.00 Å². The van der Waals surface area contributed by atoms with Gasteiger partial charge in [0.05, 0.1) is 11.6 Å². The summed E-state index contributed by atoms with van der Waals surface area (Å²) in [4.78, 5) is 15.1. The Morgan fingerprint density at radius 2 is 1.48 bits per heavy atom. The van der Waals surface area contributed by atoms with Crippen molar-refractivity contribution in [2.45, 2.75) is 38.1 Å². The van der Waals surface area contributed by atoms with Crippen molar-refractivity contribution in [3.05, 3.63) is 84.4 Å². The zero-order valence-corrected chi connectivity index (χ0v) is 17.5. The highest BCUT2D eigenvalue weighted by atomic mass is 16.5. The topological polar surface area (TPSA) is 53.3 Å². The van der Waals surface area contributed by atoms with Crippen LogP contribution in [0.1, 0.15) is 37.7 Å². The lowest BCUT2D eigenvalue weighted by molar-refractivity contribution is -0.121. The zero-order chi connectivity index (χ0) is 21.5. The van der Waals surface area contributed by atoms with E-state index in [-0.39, 0.29) is 18.6 Å². The van der Waals surface area contributed by atoms with Crippen LogP contribution in [0.4, 0.5) is 5.69 Å². The first-order chi connectivity index (χ1) is 15.2. The molecule has 1 aliphatic rings. The van der Waals surface area contributed by atoms with E-state index in [1.165, 1.54) is 19.3 Å². The predicted octanol–water partition coefficient (Wildman–Crippen LogP) is 5.97. The van der Waals surface area contributed by atoms with E-state index in [1.54, 1.807) is 0 Å². The van der Waals surface area contributed by atoms with E-state index >= 15 is 0 Å². The summed E-state index contributed by atoms with van der Waals surface area (Å²) in [6.07, 6.45) is 5.66. The second-order valence-corrected chi connectivity index (χ2v) is 7.89. The van der Waals surface area contributed by atoms with Crippen molar-refractivity contribution >= 4 is 11.6 Å². The van der Waals surface area contributed by atoms with Gasteiger partial charge in [0, 0.05) is 11.7 Å². The molecular weight excluding hydrogens is 384 g/mol. The summed E-state index contributed by atoms with van der Waals surface area (Å²) >= 11 is 0. The molecule has 3 aromatic rings. The van der Waals surface area contributed by atoms with Gasteiger partial charge >= 0.3 is 0 Å². The van der Waals surface area contributed by atoms with Crippen molar-refractivity contribution in [3.8, 4) is 22.9 Å². The maximum Gasteiger partial charge on any atom is 0.265 e. The van der Waals surface area contributed by atoms with Crippen LogP contribution in [0.25, 0.3) is 11.1 Å². The van der Waals surface area contributed by atoms with Crippen molar-refractivity contribution in [2.24, 2.45) is 0 Å². The molecule has 0 N–H and O–H groups in total. The zero-order valence-electron chi connectivity index (χ0n) is 17.5. The number of rotatable bonds is 6. The van der Waals surface area contributed by atoms with Gasteiger partial charge in [-0.1, -0.05) is 61.7 Å². The summed E-state index contributed by atoms with van der Waals surface area (Å²) in [6, 6.07) is 27.5. The molecule has 4 rings (SSSR count). The normalized spacial score (nSPS) is 13.9. The molecule has 4 nitrogen and oxygen atoms in total. The highest BCUT2D eigenvalue weighted by Crippen LogP contribution is 2.28. The fourth-order valence-electron chi connectivity index (χ4n) is 4.18. The summed E-state index contributed by atoms with van der Waals surface area (Å²) in [5.41, 5.74) is 3.66. The average Bonchev–Trinajstić information content (AvgIpc) is 2.85. The molecule has 0 atom stereocenters. The first-order valence-electron chi connectivity index (χ1n) is 10.8. The van der Waals surface area contributed by atoms with Crippen LogP contribution >= 0.6 is 0 Å². The SMILES string of the molecule is N#Cc1ccc(-c2ccc(OCC(=O)N(c3ccccc3)C3CCCCC3)cc2)cc1. The lowest BCUT2D eigenvalue weighted by atomic mass is 9.93. The first-order valence-corrected chi connectivity index (χ1v) is 10.8. The van der Waals surface area contributed by atoms with Crippen LogP contribution in [-0.4, -0.2) is 18.6 Å². The highest BCUT2D eigenvalue weighted by molar-refractivity contribution is 5.95. The standard InChI is InChI=1S/C27H26N2O2/c28-19-21-11-13-22(14-12-21)23-15-17-26(18-16-23)31-20-27(30)29(24-7-3-1-4-8-24)25-9-5-2-6-10-25/h1,3-4,7-8,11-18,25H,2,5-6,9-10,20H2. The van der Waals surface area contributed by atoms with Crippen molar-refractivity contribution in [3.63, 3.8) is 0 Å². The van der Waals surface area contributed by atoms with Gasteiger partial charge in [0.15, 0.2) is 6.61 Å². The van der Waals surface area contributed by atoms with Crippen LogP contribution in [0.15, 0.2) is 78.9 Å². The fraction of sp³-hybridized carbons (Fsp3) is 0.259. The molecule has 0 aliphatic heterocycles. The van der Waals surface area contributed by atoms with Crippen LogP contribution in [0.5, 0.6) is 5.75 Å². The molecule has 4 heteroatoms. The Hall–Kier alpha value is -3.58. The lowest BCUT2D eigenvalue weighted by Crippen LogP contribution is -2.44. The molecule has 0 radical (unpaired) electrons. The quantitative estimate of drug-likeness (QED) is 0.503. The number of benzene rings is 3. The van der Waals surface area contributed by atoms with Gasteiger partial charge in [0.2, 0.25) is 0 Å². The molecule has 0 bridgehead atoms. The summed E-state index contributed by atoms with van der Waals surface area (Å²) in [7, 11) is 0. The van der Waals surface area contributed by atoms with E-state index < -0.39 is 0 Å². The van der Waals surface area contributed by atoms with Gasteiger partial charge in [-0.2, -0.15) is 5.26 Å². The Balaban J connectivity index is 1.43. The van der Waals surface area contributed by atoms with Crippen molar-refractivity contribution in [2.75, 3.05) is 11.5 Å². The van der Waals surface area contributed by atoms with Crippen LogP contribution in [0, 0.1) is 11.3 Å². The van der Waals surface area contributed by atoms with Crippen LogP contribution < -0.4 is 9.64 Å². The van der Waals surface area contributed by atoms with Crippen molar-refractivity contribution in [1.82, 2.24) is 0 Å². The number of carbonyl (C=O) groups is 1. The molecular formula is C27H26N2O2. The molecule has 0 unspecified atom stereocenters. The molecule has 0 heterocycles. The first kappa shape index (κ1) is 20.7. The Labute approximate surface area is 183 Å². The number of anilines is 1. The summed E-state index contributed by atoms with van der Waals surface area (Å²) in [5, 5.41) is 8.94. The van der Waals surface area contributed by atoms with Crippen LogP contribution in [-0.2, 0) is 4.79 Å². The van der Waals surface area contributed by atoms with E-state index in [1.807, 2.05) is 83.8 Å². The van der Waals surface area contributed by atoms with Gasteiger partial charge in [-0.3, -0.25) is 4.79 Å². The second-order valence-electron chi connectivity index (χ2n) is 7.89. The second kappa shape index (κ2) is 9.95. The molecule has 1 fully saturated rings. The van der Waals surface area contributed by atoms with Gasteiger partial charge in [0.1, 0.15) is 5.75 Å². The van der Waals surface area contributed by atoms with Crippen molar-refractivity contribution < 1.29 is 9.53 Å². The molecule has 0 saturated heterocycles. The van der Waals surface area contributed by atoms with Crippen LogP contribution in [0.2, 0.25) is 0 Å².